The molecule has 0 aliphatic heterocycles. The zero-order chi connectivity index (χ0) is 16.1. The van der Waals surface area contributed by atoms with Gasteiger partial charge in [0.2, 0.25) is 5.88 Å². The molecule has 124 valence electrons. The summed E-state index contributed by atoms with van der Waals surface area (Å²) in [7, 11) is 1.94. The molecule has 1 saturated carbocycles. The molecule has 3 rings (SSSR count). The molecule has 1 N–H and O–H groups in total. The summed E-state index contributed by atoms with van der Waals surface area (Å²) in [6.07, 6.45) is 6.27. The molecule has 5 heteroatoms. The highest BCUT2D eigenvalue weighted by molar-refractivity contribution is 6.30. The van der Waals surface area contributed by atoms with Crippen molar-refractivity contribution in [1.29, 1.82) is 0 Å². The number of rotatable bonds is 6. The molecule has 0 bridgehead atoms. The second-order valence-corrected chi connectivity index (χ2v) is 6.60. The molecule has 1 fully saturated rings. The van der Waals surface area contributed by atoms with E-state index >= 15 is 0 Å². The molecule has 0 atom stereocenters. The van der Waals surface area contributed by atoms with Crippen LogP contribution >= 0.6 is 11.6 Å². The minimum absolute atomic E-state index is 0.462. The van der Waals surface area contributed by atoms with Crippen LogP contribution in [-0.4, -0.2) is 16.8 Å². The summed E-state index contributed by atoms with van der Waals surface area (Å²) in [5, 5.41) is 8.66. The van der Waals surface area contributed by atoms with Gasteiger partial charge in [0, 0.05) is 17.6 Å². The SMILES string of the molecule is CNCc1cc(OCc2cccc(Cl)c2)n(C2CCCCC2)n1. The summed E-state index contributed by atoms with van der Waals surface area (Å²) >= 11 is 6.04. The Labute approximate surface area is 142 Å². The maximum absolute atomic E-state index is 6.07. The fraction of sp³-hybridized carbons (Fsp3) is 0.500. The Morgan fingerprint density at radius 3 is 2.83 bits per heavy atom. The average Bonchev–Trinajstić information content (AvgIpc) is 2.97. The molecule has 0 radical (unpaired) electrons. The van der Waals surface area contributed by atoms with Crippen molar-refractivity contribution in [2.45, 2.75) is 51.3 Å². The van der Waals surface area contributed by atoms with Gasteiger partial charge in [-0.05, 0) is 37.6 Å². The minimum atomic E-state index is 0.462. The van der Waals surface area contributed by atoms with Gasteiger partial charge in [-0.15, -0.1) is 0 Å². The lowest BCUT2D eigenvalue weighted by atomic mass is 9.96. The third-order valence-corrected chi connectivity index (χ3v) is 4.54. The van der Waals surface area contributed by atoms with Gasteiger partial charge in [-0.1, -0.05) is 43.0 Å². The van der Waals surface area contributed by atoms with Crippen LogP contribution in [0.25, 0.3) is 0 Å². The summed E-state index contributed by atoms with van der Waals surface area (Å²) in [6, 6.07) is 10.3. The number of nitrogens with one attached hydrogen (secondary N) is 1. The number of ether oxygens (including phenoxy) is 1. The van der Waals surface area contributed by atoms with Gasteiger partial charge in [-0.25, -0.2) is 4.68 Å². The first kappa shape index (κ1) is 16.3. The minimum Gasteiger partial charge on any atom is -0.473 e. The number of hydrogen-bond acceptors (Lipinski definition) is 3. The zero-order valence-electron chi connectivity index (χ0n) is 13.6. The van der Waals surface area contributed by atoms with E-state index < -0.39 is 0 Å². The summed E-state index contributed by atoms with van der Waals surface area (Å²) in [5.41, 5.74) is 2.10. The maximum atomic E-state index is 6.07. The molecule has 0 saturated heterocycles. The van der Waals surface area contributed by atoms with Crippen LogP contribution in [0.15, 0.2) is 30.3 Å². The van der Waals surface area contributed by atoms with Crippen molar-refractivity contribution in [1.82, 2.24) is 15.1 Å². The predicted octanol–water partition coefficient (Wildman–Crippen LogP) is 4.34. The Morgan fingerprint density at radius 2 is 2.09 bits per heavy atom. The third kappa shape index (κ3) is 4.27. The normalized spacial score (nSPS) is 15.7. The Balaban J connectivity index is 1.75. The monoisotopic (exact) mass is 333 g/mol. The highest BCUT2D eigenvalue weighted by atomic mass is 35.5. The zero-order valence-corrected chi connectivity index (χ0v) is 14.4. The van der Waals surface area contributed by atoms with Crippen LogP contribution in [0.1, 0.15) is 49.4 Å². The standard InChI is InChI=1S/C18H24ClN3O/c1-20-12-16-11-18(22(21-16)17-8-3-2-4-9-17)23-13-14-6-5-7-15(19)10-14/h5-7,10-11,17,20H,2-4,8-9,12-13H2,1H3. The molecule has 1 heterocycles. The third-order valence-electron chi connectivity index (χ3n) is 4.31. The fourth-order valence-electron chi connectivity index (χ4n) is 3.17. The van der Waals surface area contributed by atoms with Crippen molar-refractivity contribution in [3.8, 4) is 5.88 Å². The predicted molar refractivity (Wildman–Crippen MR) is 92.9 cm³/mol. The molecule has 4 nitrogen and oxygen atoms in total. The molecule has 2 aromatic rings. The molecule has 1 aromatic heterocycles. The van der Waals surface area contributed by atoms with Crippen molar-refractivity contribution >= 4 is 11.6 Å². The van der Waals surface area contributed by atoms with Crippen molar-refractivity contribution in [3.05, 3.63) is 46.6 Å². The lowest BCUT2D eigenvalue weighted by molar-refractivity contribution is 0.237. The Bertz CT molecular complexity index is 635. The molecule has 23 heavy (non-hydrogen) atoms. The Hall–Kier alpha value is -1.52. The van der Waals surface area contributed by atoms with E-state index in [0.717, 1.165) is 28.7 Å². The summed E-state index contributed by atoms with van der Waals surface area (Å²) in [4.78, 5) is 0. The molecular formula is C18H24ClN3O. The van der Waals surface area contributed by atoms with E-state index in [9.17, 15) is 0 Å². The summed E-state index contributed by atoms with van der Waals surface area (Å²) in [6.45, 7) is 1.27. The lowest BCUT2D eigenvalue weighted by Gasteiger charge is -2.23. The van der Waals surface area contributed by atoms with Gasteiger partial charge in [-0.2, -0.15) is 5.10 Å². The van der Waals surface area contributed by atoms with Gasteiger partial charge in [-0.3, -0.25) is 0 Å². The van der Waals surface area contributed by atoms with E-state index in [1.165, 1.54) is 32.1 Å². The highest BCUT2D eigenvalue weighted by Gasteiger charge is 2.20. The van der Waals surface area contributed by atoms with Crippen LogP contribution in [0.3, 0.4) is 0 Å². The lowest BCUT2D eigenvalue weighted by Crippen LogP contribution is -2.16. The van der Waals surface area contributed by atoms with E-state index in [1.54, 1.807) is 0 Å². The van der Waals surface area contributed by atoms with E-state index in [2.05, 4.69) is 16.1 Å². The van der Waals surface area contributed by atoms with Gasteiger partial charge in [0.05, 0.1) is 11.7 Å². The molecule has 1 aromatic carbocycles. The molecule has 0 amide bonds. The van der Waals surface area contributed by atoms with Crippen molar-refractivity contribution in [2.24, 2.45) is 0 Å². The molecule has 1 aliphatic carbocycles. The largest absolute Gasteiger partial charge is 0.473 e. The van der Waals surface area contributed by atoms with Gasteiger partial charge >= 0.3 is 0 Å². The molecule has 0 unspecified atom stereocenters. The topological polar surface area (TPSA) is 39.1 Å². The van der Waals surface area contributed by atoms with Crippen LogP contribution in [0.5, 0.6) is 5.88 Å². The van der Waals surface area contributed by atoms with Crippen molar-refractivity contribution < 1.29 is 4.74 Å². The van der Waals surface area contributed by atoms with E-state index in [1.807, 2.05) is 31.3 Å². The molecule has 0 spiro atoms. The number of nitrogens with zero attached hydrogens (tertiary/aromatic N) is 2. The van der Waals surface area contributed by atoms with Gasteiger partial charge in [0.25, 0.3) is 0 Å². The van der Waals surface area contributed by atoms with Crippen LogP contribution in [-0.2, 0) is 13.2 Å². The number of hydrogen-bond donors (Lipinski definition) is 1. The quantitative estimate of drug-likeness (QED) is 0.854. The number of benzene rings is 1. The van der Waals surface area contributed by atoms with Gasteiger partial charge in [0.1, 0.15) is 6.61 Å². The molecule has 1 aliphatic rings. The van der Waals surface area contributed by atoms with Crippen LogP contribution in [0.4, 0.5) is 0 Å². The Kier molecular flexibility index (Phi) is 5.57. The first-order valence-electron chi connectivity index (χ1n) is 8.36. The van der Waals surface area contributed by atoms with Crippen LogP contribution in [0.2, 0.25) is 5.02 Å². The highest BCUT2D eigenvalue weighted by Crippen LogP contribution is 2.32. The smallest absolute Gasteiger partial charge is 0.212 e. The van der Waals surface area contributed by atoms with Crippen molar-refractivity contribution in [3.63, 3.8) is 0 Å². The average molecular weight is 334 g/mol. The molecular weight excluding hydrogens is 310 g/mol. The number of aromatic nitrogens is 2. The first-order chi connectivity index (χ1) is 11.3. The first-order valence-corrected chi connectivity index (χ1v) is 8.74. The Morgan fingerprint density at radius 1 is 1.26 bits per heavy atom. The van der Waals surface area contributed by atoms with E-state index in [4.69, 9.17) is 21.4 Å². The number of halogens is 1. The van der Waals surface area contributed by atoms with Crippen LogP contribution in [0, 0.1) is 0 Å². The summed E-state index contributed by atoms with van der Waals surface area (Å²) in [5.74, 6) is 0.863. The van der Waals surface area contributed by atoms with Gasteiger partial charge in [0.15, 0.2) is 0 Å². The fourth-order valence-corrected chi connectivity index (χ4v) is 3.38. The van der Waals surface area contributed by atoms with E-state index in [-0.39, 0.29) is 0 Å². The second kappa shape index (κ2) is 7.84. The van der Waals surface area contributed by atoms with Crippen LogP contribution < -0.4 is 10.1 Å². The van der Waals surface area contributed by atoms with Gasteiger partial charge < -0.3 is 10.1 Å². The van der Waals surface area contributed by atoms with E-state index in [0.29, 0.717) is 12.6 Å². The second-order valence-electron chi connectivity index (χ2n) is 6.16. The van der Waals surface area contributed by atoms with Crippen molar-refractivity contribution in [2.75, 3.05) is 7.05 Å². The maximum Gasteiger partial charge on any atom is 0.212 e. The summed E-state index contributed by atoms with van der Waals surface area (Å²) < 4.78 is 8.17.